The van der Waals surface area contributed by atoms with E-state index in [9.17, 15) is 8.78 Å². The highest BCUT2D eigenvalue weighted by atomic mass is 19.1. The monoisotopic (exact) mass is 211 g/mol. The SMILES string of the molecule is OCc1cc(-c2cc(F)cc(F)c2)no1. The highest BCUT2D eigenvalue weighted by Crippen LogP contribution is 2.21. The van der Waals surface area contributed by atoms with Crippen molar-refractivity contribution < 1.29 is 18.4 Å². The molecule has 5 heteroatoms. The highest BCUT2D eigenvalue weighted by Gasteiger charge is 2.08. The van der Waals surface area contributed by atoms with Gasteiger partial charge in [0.2, 0.25) is 0 Å². The normalized spacial score (nSPS) is 10.6. The molecule has 1 aromatic carbocycles. The van der Waals surface area contributed by atoms with Crippen LogP contribution < -0.4 is 0 Å². The van der Waals surface area contributed by atoms with Gasteiger partial charge in [0.25, 0.3) is 0 Å². The molecule has 78 valence electrons. The van der Waals surface area contributed by atoms with E-state index in [2.05, 4.69) is 5.16 Å². The third-order valence-electron chi connectivity index (χ3n) is 1.87. The van der Waals surface area contributed by atoms with Gasteiger partial charge < -0.3 is 9.63 Å². The van der Waals surface area contributed by atoms with Gasteiger partial charge in [-0.1, -0.05) is 5.16 Å². The van der Waals surface area contributed by atoms with Gasteiger partial charge in [-0.05, 0) is 12.1 Å². The van der Waals surface area contributed by atoms with E-state index in [-0.39, 0.29) is 23.6 Å². The lowest BCUT2D eigenvalue weighted by Gasteiger charge is -1.96. The van der Waals surface area contributed by atoms with E-state index in [1.54, 1.807) is 0 Å². The van der Waals surface area contributed by atoms with Crippen LogP contribution >= 0.6 is 0 Å². The van der Waals surface area contributed by atoms with Crippen molar-refractivity contribution in [1.29, 1.82) is 0 Å². The Balaban J connectivity index is 2.44. The van der Waals surface area contributed by atoms with Crippen LogP contribution in [0.5, 0.6) is 0 Å². The van der Waals surface area contributed by atoms with Crippen molar-refractivity contribution in [2.45, 2.75) is 6.61 Å². The molecule has 2 rings (SSSR count). The van der Waals surface area contributed by atoms with E-state index in [0.717, 1.165) is 18.2 Å². The molecule has 0 aliphatic heterocycles. The summed E-state index contributed by atoms with van der Waals surface area (Å²) in [6, 6.07) is 4.48. The first kappa shape index (κ1) is 9.79. The minimum Gasteiger partial charge on any atom is -0.388 e. The molecule has 1 N–H and O–H groups in total. The molecule has 0 unspecified atom stereocenters. The van der Waals surface area contributed by atoms with Crippen molar-refractivity contribution in [3.8, 4) is 11.3 Å². The molecular formula is C10H7F2NO2. The number of aromatic nitrogens is 1. The summed E-state index contributed by atoms with van der Waals surface area (Å²) in [7, 11) is 0. The molecule has 15 heavy (non-hydrogen) atoms. The van der Waals surface area contributed by atoms with Crippen LogP contribution in [0.2, 0.25) is 0 Å². The van der Waals surface area contributed by atoms with E-state index in [0.29, 0.717) is 0 Å². The Morgan fingerprint density at radius 3 is 2.33 bits per heavy atom. The first-order valence-corrected chi connectivity index (χ1v) is 4.22. The second kappa shape index (κ2) is 3.78. The molecule has 0 fully saturated rings. The van der Waals surface area contributed by atoms with Crippen LogP contribution in [0, 0.1) is 11.6 Å². The number of hydrogen-bond donors (Lipinski definition) is 1. The minimum absolute atomic E-state index is 0.245. The number of nitrogens with zero attached hydrogens (tertiary/aromatic N) is 1. The second-order valence-corrected chi connectivity index (χ2v) is 2.99. The lowest BCUT2D eigenvalue weighted by Crippen LogP contribution is -1.83. The third-order valence-corrected chi connectivity index (χ3v) is 1.87. The van der Waals surface area contributed by atoms with Gasteiger partial charge in [0, 0.05) is 17.7 Å². The number of hydrogen-bond acceptors (Lipinski definition) is 3. The standard InChI is InChI=1S/C10H7F2NO2/c11-7-1-6(2-8(12)3-7)10-4-9(5-14)15-13-10/h1-4,14H,5H2. The van der Waals surface area contributed by atoms with Crippen molar-refractivity contribution in [3.05, 3.63) is 41.7 Å². The number of rotatable bonds is 2. The molecule has 1 heterocycles. The average molecular weight is 211 g/mol. The fourth-order valence-electron chi connectivity index (χ4n) is 1.23. The number of aliphatic hydroxyl groups is 1. The summed E-state index contributed by atoms with van der Waals surface area (Å²) in [5.41, 5.74) is 0.563. The van der Waals surface area contributed by atoms with E-state index < -0.39 is 11.6 Å². The van der Waals surface area contributed by atoms with Crippen LogP contribution in [0.3, 0.4) is 0 Å². The van der Waals surface area contributed by atoms with Crippen LogP contribution in [0.1, 0.15) is 5.76 Å². The second-order valence-electron chi connectivity index (χ2n) is 2.99. The lowest BCUT2D eigenvalue weighted by molar-refractivity contribution is 0.229. The third kappa shape index (κ3) is 2.02. The van der Waals surface area contributed by atoms with Gasteiger partial charge >= 0.3 is 0 Å². The van der Waals surface area contributed by atoms with Gasteiger partial charge in [-0.25, -0.2) is 8.78 Å². The summed E-state index contributed by atoms with van der Waals surface area (Å²) in [6.07, 6.45) is 0. The van der Waals surface area contributed by atoms with Crippen LogP contribution in [-0.2, 0) is 6.61 Å². The maximum absolute atomic E-state index is 12.9. The van der Waals surface area contributed by atoms with Crippen molar-refractivity contribution in [3.63, 3.8) is 0 Å². The molecule has 0 radical (unpaired) electrons. The molecule has 0 saturated carbocycles. The first-order chi connectivity index (χ1) is 7.19. The summed E-state index contributed by atoms with van der Waals surface area (Å²) in [6.45, 7) is -0.301. The molecule has 1 aromatic heterocycles. The van der Waals surface area contributed by atoms with Gasteiger partial charge in [-0.15, -0.1) is 0 Å². The van der Waals surface area contributed by atoms with Gasteiger partial charge in [0.1, 0.15) is 23.9 Å². The van der Waals surface area contributed by atoms with E-state index in [1.165, 1.54) is 6.07 Å². The van der Waals surface area contributed by atoms with Gasteiger partial charge in [0.15, 0.2) is 5.76 Å². The fraction of sp³-hybridized carbons (Fsp3) is 0.100. The van der Waals surface area contributed by atoms with Crippen LogP contribution in [0.15, 0.2) is 28.8 Å². The summed E-state index contributed by atoms with van der Waals surface area (Å²) in [5, 5.41) is 12.3. The van der Waals surface area contributed by atoms with Crippen LogP contribution in [-0.4, -0.2) is 10.3 Å². The molecule has 0 bridgehead atoms. The molecule has 0 atom stereocenters. The maximum atomic E-state index is 12.9. The lowest BCUT2D eigenvalue weighted by atomic mass is 10.1. The summed E-state index contributed by atoms with van der Waals surface area (Å²) < 4.78 is 30.4. The molecule has 0 spiro atoms. The van der Waals surface area contributed by atoms with Crippen molar-refractivity contribution in [1.82, 2.24) is 5.16 Å². The van der Waals surface area contributed by atoms with Crippen molar-refractivity contribution in [2.24, 2.45) is 0 Å². The molecule has 0 amide bonds. The first-order valence-electron chi connectivity index (χ1n) is 4.22. The summed E-state index contributed by atoms with van der Waals surface area (Å²) in [4.78, 5) is 0. The predicted octanol–water partition coefficient (Wildman–Crippen LogP) is 2.11. The average Bonchev–Trinajstić information content (AvgIpc) is 2.64. The fourth-order valence-corrected chi connectivity index (χ4v) is 1.23. The zero-order valence-electron chi connectivity index (χ0n) is 7.58. The molecule has 0 aliphatic carbocycles. The summed E-state index contributed by atoms with van der Waals surface area (Å²) >= 11 is 0. The van der Waals surface area contributed by atoms with Gasteiger partial charge in [0.05, 0.1) is 0 Å². The zero-order chi connectivity index (χ0) is 10.8. The Hall–Kier alpha value is -1.75. The van der Waals surface area contributed by atoms with E-state index >= 15 is 0 Å². The topological polar surface area (TPSA) is 46.3 Å². The smallest absolute Gasteiger partial charge is 0.162 e. The van der Waals surface area contributed by atoms with E-state index in [1.807, 2.05) is 0 Å². The largest absolute Gasteiger partial charge is 0.388 e. The Kier molecular flexibility index (Phi) is 2.47. The Morgan fingerprint density at radius 1 is 1.13 bits per heavy atom. The molecule has 3 nitrogen and oxygen atoms in total. The quantitative estimate of drug-likeness (QED) is 0.827. The Morgan fingerprint density at radius 2 is 1.80 bits per heavy atom. The predicted molar refractivity (Wildman–Crippen MR) is 47.8 cm³/mol. The molecule has 2 aromatic rings. The molecule has 0 aliphatic rings. The summed E-state index contributed by atoms with van der Waals surface area (Å²) in [5.74, 6) is -1.12. The van der Waals surface area contributed by atoms with E-state index in [4.69, 9.17) is 9.63 Å². The van der Waals surface area contributed by atoms with Gasteiger partial charge in [-0.2, -0.15) is 0 Å². The van der Waals surface area contributed by atoms with Crippen LogP contribution in [0.25, 0.3) is 11.3 Å². The maximum Gasteiger partial charge on any atom is 0.162 e. The minimum atomic E-state index is -0.682. The number of aliphatic hydroxyl groups excluding tert-OH is 1. The zero-order valence-corrected chi connectivity index (χ0v) is 7.58. The Bertz CT molecular complexity index is 462. The van der Waals surface area contributed by atoms with Crippen molar-refractivity contribution >= 4 is 0 Å². The molecular weight excluding hydrogens is 204 g/mol. The van der Waals surface area contributed by atoms with Gasteiger partial charge in [-0.3, -0.25) is 0 Å². The Labute approximate surface area is 83.9 Å². The number of halogens is 2. The van der Waals surface area contributed by atoms with Crippen molar-refractivity contribution in [2.75, 3.05) is 0 Å². The van der Waals surface area contributed by atoms with Crippen LogP contribution in [0.4, 0.5) is 8.78 Å². The highest BCUT2D eigenvalue weighted by molar-refractivity contribution is 5.58. The number of benzene rings is 1. The molecule has 0 saturated heterocycles.